The van der Waals surface area contributed by atoms with Gasteiger partial charge in [-0.3, -0.25) is 4.79 Å². The summed E-state index contributed by atoms with van der Waals surface area (Å²) in [7, 11) is 0. The lowest BCUT2D eigenvalue weighted by Gasteiger charge is -2.38. The van der Waals surface area contributed by atoms with Gasteiger partial charge in [0, 0.05) is 12.3 Å². The topological polar surface area (TPSA) is 47.6 Å². The Kier molecular flexibility index (Phi) is 7.72. The van der Waals surface area contributed by atoms with Crippen LogP contribution in [-0.2, 0) is 9.53 Å². The van der Waals surface area contributed by atoms with Crippen molar-refractivity contribution in [3.05, 3.63) is 23.3 Å². The first-order valence-electron chi connectivity index (χ1n) is 10.5. The van der Waals surface area contributed by atoms with Gasteiger partial charge in [0.2, 0.25) is 0 Å². The third-order valence-electron chi connectivity index (χ3n) is 5.36. The number of anilines is 1. The molecule has 2 rings (SSSR count). The summed E-state index contributed by atoms with van der Waals surface area (Å²) in [5, 5.41) is 3.13. The smallest absolute Gasteiger partial charge is 0.256 e. The van der Waals surface area contributed by atoms with Crippen molar-refractivity contribution in [1.82, 2.24) is 0 Å². The zero-order chi connectivity index (χ0) is 20.0. The summed E-state index contributed by atoms with van der Waals surface area (Å²) in [6.07, 6.45) is 4.60. The molecule has 0 unspecified atom stereocenters. The minimum absolute atomic E-state index is 0.00232. The molecule has 4 nitrogen and oxygen atoms in total. The second kappa shape index (κ2) is 9.59. The molecule has 0 spiro atoms. The van der Waals surface area contributed by atoms with Crippen molar-refractivity contribution in [1.29, 1.82) is 0 Å². The molecule has 1 aliphatic rings. The number of carbonyl (C=O) groups excluding carboxylic acids is 1. The summed E-state index contributed by atoms with van der Waals surface area (Å²) >= 11 is 0. The predicted molar refractivity (Wildman–Crippen MR) is 111 cm³/mol. The van der Waals surface area contributed by atoms with Crippen LogP contribution in [0.1, 0.15) is 70.9 Å². The number of nitrogens with one attached hydrogen (secondary N) is 1. The molecule has 1 fully saturated rings. The van der Waals surface area contributed by atoms with Crippen molar-refractivity contribution in [2.24, 2.45) is 11.8 Å². The fourth-order valence-corrected chi connectivity index (χ4v) is 3.71. The SMILES string of the molecule is CCCOC1(C(=O)Nc2cc(C)c(OCC(C)C)c(C)c2)CCC(C)CC1. The second-order valence-corrected chi connectivity index (χ2v) is 8.62. The first kappa shape index (κ1) is 21.7. The summed E-state index contributed by atoms with van der Waals surface area (Å²) in [6, 6.07) is 4.00. The number of amides is 1. The van der Waals surface area contributed by atoms with Gasteiger partial charge in [-0.2, -0.15) is 0 Å². The van der Waals surface area contributed by atoms with Gasteiger partial charge in [0.15, 0.2) is 0 Å². The van der Waals surface area contributed by atoms with Gasteiger partial charge in [0.1, 0.15) is 11.4 Å². The van der Waals surface area contributed by atoms with Crippen LogP contribution in [0.2, 0.25) is 0 Å². The monoisotopic (exact) mass is 375 g/mol. The largest absolute Gasteiger partial charge is 0.493 e. The van der Waals surface area contributed by atoms with Crippen molar-refractivity contribution < 1.29 is 14.3 Å². The van der Waals surface area contributed by atoms with Crippen LogP contribution in [0.15, 0.2) is 12.1 Å². The average molecular weight is 376 g/mol. The Morgan fingerprint density at radius 3 is 2.33 bits per heavy atom. The van der Waals surface area contributed by atoms with Gasteiger partial charge in [-0.05, 0) is 81.0 Å². The van der Waals surface area contributed by atoms with Gasteiger partial charge < -0.3 is 14.8 Å². The molecule has 1 N–H and O–H groups in total. The molecule has 0 radical (unpaired) electrons. The first-order valence-corrected chi connectivity index (χ1v) is 10.5. The minimum atomic E-state index is -0.683. The van der Waals surface area contributed by atoms with Crippen LogP contribution in [0.25, 0.3) is 0 Å². The number of aryl methyl sites for hydroxylation is 2. The summed E-state index contributed by atoms with van der Waals surface area (Å²) in [6.45, 7) is 14.0. The maximum atomic E-state index is 13.2. The van der Waals surface area contributed by atoms with Crippen LogP contribution < -0.4 is 10.1 Å². The predicted octanol–water partition coefficient (Wildman–Crippen LogP) is 5.65. The van der Waals surface area contributed by atoms with Crippen LogP contribution in [0, 0.1) is 25.7 Å². The number of rotatable bonds is 8. The Bertz CT molecular complexity index is 602. The van der Waals surface area contributed by atoms with E-state index in [0.717, 1.165) is 54.7 Å². The molecule has 0 bridgehead atoms. The van der Waals surface area contributed by atoms with Crippen LogP contribution in [0.3, 0.4) is 0 Å². The van der Waals surface area contributed by atoms with Gasteiger partial charge in [-0.25, -0.2) is 0 Å². The molecule has 0 saturated heterocycles. The number of benzene rings is 1. The molecule has 27 heavy (non-hydrogen) atoms. The highest BCUT2D eigenvalue weighted by atomic mass is 16.5. The fraction of sp³-hybridized carbons (Fsp3) is 0.696. The summed E-state index contributed by atoms with van der Waals surface area (Å²) in [5.41, 5.74) is 2.24. The van der Waals surface area contributed by atoms with Gasteiger partial charge in [0.25, 0.3) is 5.91 Å². The maximum absolute atomic E-state index is 13.2. The molecule has 152 valence electrons. The summed E-state index contributed by atoms with van der Waals surface area (Å²) in [4.78, 5) is 13.2. The third kappa shape index (κ3) is 5.71. The lowest BCUT2D eigenvalue weighted by Crippen LogP contribution is -2.48. The zero-order valence-electron chi connectivity index (χ0n) is 18.0. The Labute approximate surface area is 165 Å². The highest BCUT2D eigenvalue weighted by Gasteiger charge is 2.42. The first-order chi connectivity index (χ1) is 12.8. The van der Waals surface area contributed by atoms with E-state index in [-0.39, 0.29) is 5.91 Å². The highest BCUT2D eigenvalue weighted by Crippen LogP contribution is 2.36. The molecule has 1 aliphatic carbocycles. The molecule has 1 amide bonds. The third-order valence-corrected chi connectivity index (χ3v) is 5.36. The van der Waals surface area contributed by atoms with E-state index in [1.807, 2.05) is 26.0 Å². The van der Waals surface area contributed by atoms with E-state index < -0.39 is 5.60 Å². The molecule has 1 aromatic rings. The normalized spacial score (nSPS) is 22.7. The summed E-state index contributed by atoms with van der Waals surface area (Å²) in [5.74, 6) is 2.06. The highest BCUT2D eigenvalue weighted by molar-refractivity contribution is 5.97. The Morgan fingerprint density at radius 2 is 1.81 bits per heavy atom. The van der Waals surface area contributed by atoms with Gasteiger partial charge >= 0.3 is 0 Å². The van der Waals surface area contributed by atoms with Crippen LogP contribution in [0.5, 0.6) is 5.75 Å². The Morgan fingerprint density at radius 1 is 1.22 bits per heavy atom. The molecular weight excluding hydrogens is 338 g/mol. The standard InChI is InChI=1S/C23H37NO3/c1-7-12-27-23(10-8-17(4)9-11-23)22(25)24-20-13-18(5)21(19(6)14-20)26-15-16(2)3/h13-14,16-17H,7-12,15H2,1-6H3,(H,24,25). The van der Waals surface area contributed by atoms with E-state index >= 15 is 0 Å². The van der Waals surface area contributed by atoms with Crippen molar-refractivity contribution >= 4 is 11.6 Å². The van der Waals surface area contributed by atoms with E-state index in [2.05, 4.69) is 33.0 Å². The molecule has 4 heteroatoms. The maximum Gasteiger partial charge on any atom is 0.256 e. The van der Waals surface area contributed by atoms with Gasteiger partial charge in [-0.15, -0.1) is 0 Å². The summed E-state index contributed by atoms with van der Waals surface area (Å²) < 4.78 is 12.1. The van der Waals surface area contributed by atoms with Gasteiger partial charge in [-0.1, -0.05) is 27.7 Å². The number of ether oxygens (including phenoxy) is 2. The lowest BCUT2D eigenvalue weighted by atomic mass is 9.78. The zero-order valence-corrected chi connectivity index (χ0v) is 18.0. The Balaban J connectivity index is 2.15. The number of hydrogen-bond acceptors (Lipinski definition) is 3. The molecular formula is C23H37NO3. The molecule has 0 atom stereocenters. The lowest BCUT2D eigenvalue weighted by molar-refractivity contribution is -0.147. The van der Waals surface area contributed by atoms with Crippen molar-refractivity contribution in [3.8, 4) is 5.75 Å². The number of hydrogen-bond donors (Lipinski definition) is 1. The van der Waals surface area contributed by atoms with Crippen molar-refractivity contribution in [2.75, 3.05) is 18.5 Å². The second-order valence-electron chi connectivity index (χ2n) is 8.62. The average Bonchev–Trinajstić information content (AvgIpc) is 2.60. The molecule has 1 saturated carbocycles. The van der Waals surface area contributed by atoms with Crippen LogP contribution in [0.4, 0.5) is 5.69 Å². The molecule has 1 aromatic carbocycles. The molecule has 0 aliphatic heterocycles. The van der Waals surface area contributed by atoms with Crippen molar-refractivity contribution in [2.45, 2.75) is 79.2 Å². The van der Waals surface area contributed by atoms with Crippen molar-refractivity contribution in [3.63, 3.8) is 0 Å². The Hall–Kier alpha value is -1.55. The van der Waals surface area contributed by atoms with E-state index in [0.29, 0.717) is 25.0 Å². The quantitative estimate of drug-likeness (QED) is 0.638. The van der Waals surface area contributed by atoms with E-state index in [1.165, 1.54) is 0 Å². The van der Waals surface area contributed by atoms with Gasteiger partial charge in [0.05, 0.1) is 6.61 Å². The fourth-order valence-electron chi connectivity index (χ4n) is 3.71. The molecule has 0 heterocycles. The van der Waals surface area contributed by atoms with Crippen LogP contribution in [-0.4, -0.2) is 24.7 Å². The molecule has 0 aromatic heterocycles. The van der Waals surface area contributed by atoms with E-state index in [4.69, 9.17) is 9.47 Å². The van der Waals surface area contributed by atoms with Crippen LogP contribution >= 0.6 is 0 Å². The van der Waals surface area contributed by atoms with E-state index in [9.17, 15) is 4.79 Å². The van der Waals surface area contributed by atoms with E-state index in [1.54, 1.807) is 0 Å². The minimum Gasteiger partial charge on any atom is -0.493 e. The number of carbonyl (C=O) groups is 1.